The van der Waals surface area contributed by atoms with Crippen LogP contribution in [0.5, 0.6) is 0 Å². The second kappa shape index (κ2) is 6.52. The molecule has 6 heteroatoms. The molecule has 22 heavy (non-hydrogen) atoms. The Bertz CT molecular complexity index is 550. The van der Waals surface area contributed by atoms with E-state index in [-0.39, 0.29) is 16.4 Å². The minimum Gasteiger partial charge on any atom is -0.352 e. The zero-order valence-electron chi connectivity index (χ0n) is 12.2. The normalized spacial score (nSPS) is 21.2. The molecule has 1 aliphatic heterocycles. The van der Waals surface area contributed by atoms with Crippen LogP contribution in [0.2, 0.25) is 5.02 Å². The van der Waals surface area contributed by atoms with Gasteiger partial charge in [0.25, 0.3) is 5.91 Å². The first-order chi connectivity index (χ1) is 10.6. The third-order valence-corrected chi connectivity index (χ3v) is 4.64. The van der Waals surface area contributed by atoms with Gasteiger partial charge in [-0.2, -0.15) is 0 Å². The largest absolute Gasteiger partial charge is 0.352 e. The molecule has 2 aliphatic rings. The number of carbonyl (C=O) groups is 1. The van der Waals surface area contributed by atoms with Crippen LogP contribution in [-0.2, 0) is 9.47 Å². The zero-order valence-corrected chi connectivity index (χ0v) is 13.0. The van der Waals surface area contributed by atoms with Gasteiger partial charge in [-0.1, -0.05) is 11.6 Å². The molecule has 1 heterocycles. The molecule has 1 saturated heterocycles. The van der Waals surface area contributed by atoms with Gasteiger partial charge < -0.3 is 14.8 Å². The average Bonchev–Trinajstić information content (AvgIpc) is 2.95. The van der Waals surface area contributed by atoms with E-state index in [1.807, 2.05) is 0 Å². The predicted octanol–water partition coefficient (Wildman–Crippen LogP) is 3.14. The number of carbonyl (C=O) groups excluding carboxylic acids is 1. The topological polar surface area (TPSA) is 47.6 Å². The van der Waals surface area contributed by atoms with Crippen molar-refractivity contribution >= 4 is 17.5 Å². The summed E-state index contributed by atoms with van der Waals surface area (Å²) in [6.45, 7) is 1.87. The number of hydrogen-bond donors (Lipinski definition) is 1. The molecule has 1 aromatic rings. The van der Waals surface area contributed by atoms with E-state index in [0.717, 1.165) is 31.7 Å². The molecule has 0 radical (unpaired) electrons. The summed E-state index contributed by atoms with van der Waals surface area (Å²) < 4.78 is 25.0. The molecule has 0 atom stereocenters. The molecule has 1 spiro atoms. The fourth-order valence-electron chi connectivity index (χ4n) is 3.11. The summed E-state index contributed by atoms with van der Waals surface area (Å²) in [5.74, 6) is -1.01. The number of amides is 1. The molecule has 0 aromatic heterocycles. The van der Waals surface area contributed by atoms with E-state index >= 15 is 0 Å². The second-order valence-electron chi connectivity index (χ2n) is 5.89. The van der Waals surface area contributed by atoms with Gasteiger partial charge in [0.05, 0.1) is 18.8 Å². The van der Waals surface area contributed by atoms with E-state index in [0.29, 0.717) is 25.7 Å². The van der Waals surface area contributed by atoms with Crippen LogP contribution in [0.1, 0.15) is 36.0 Å². The number of benzene rings is 1. The molecule has 0 bridgehead atoms. The van der Waals surface area contributed by atoms with Gasteiger partial charge in [-0.3, -0.25) is 4.79 Å². The van der Waals surface area contributed by atoms with E-state index in [1.165, 1.54) is 12.1 Å². The van der Waals surface area contributed by atoms with Crippen molar-refractivity contribution in [1.29, 1.82) is 0 Å². The second-order valence-corrected chi connectivity index (χ2v) is 6.32. The van der Waals surface area contributed by atoms with Gasteiger partial charge in [-0.05, 0) is 37.0 Å². The third-order valence-electron chi connectivity index (χ3n) is 4.41. The first-order valence-corrected chi connectivity index (χ1v) is 7.97. The fraction of sp³-hybridized carbons (Fsp3) is 0.562. The first-order valence-electron chi connectivity index (χ1n) is 7.59. The molecule has 1 amide bonds. The van der Waals surface area contributed by atoms with E-state index in [4.69, 9.17) is 21.1 Å². The van der Waals surface area contributed by atoms with Crippen LogP contribution in [0, 0.1) is 11.7 Å². The summed E-state index contributed by atoms with van der Waals surface area (Å²) in [5.41, 5.74) is 0.0270. The Morgan fingerprint density at radius 1 is 1.32 bits per heavy atom. The molecule has 1 N–H and O–H groups in total. The molecular formula is C16H19ClFNO3. The van der Waals surface area contributed by atoms with E-state index < -0.39 is 11.7 Å². The highest BCUT2D eigenvalue weighted by Gasteiger charge is 2.40. The predicted molar refractivity (Wildman–Crippen MR) is 80.3 cm³/mol. The standard InChI is InChI=1S/C16H19ClFNO3/c17-12-1-2-13(14(18)9-12)15(20)19-10-11-3-5-16(6-4-11)21-7-8-22-16/h1-2,9,11H,3-8,10H2,(H,19,20). The maximum absolute atomic E-state index is 13.7. The lowest BCUT2D eigenvalue weighted by molar-refractivity contribution is -0.182. The molecule has 120 valence electrons. The van der Waals surface area contributed by atoms with Crippen molar-refractivity contribution in [3.63, 3.8) is 0 Å². The third kappa shape index (κ3) is 3.42. The van der Waals surface area contributed by atoms with Crippen molar-refractivity contribution in [2.24, 2.45) is 5.92 Å². The van der Waals surface area contributed by atoms with Gasteiger partial charge >= 0.3 is 0 Å². The molecule has 1 aromatic carbocycles. The Morgan fingerprint density at radius 3 is 2.64 bits per heavy atom. The van der Waals surface area contributed by atoms with Crippen LogP contribution in [0.4, 0.5) is 4.39 Å². The van der Waals surface area contributed by atoms with Gasteiger partial charge in [-0.15, -0.1) is 0 Å². The Hall–Kier alpha value is -1.17. The Kier molecular flexibility index (Phi) is 4.66. The maximum Gasteiger partial charge on any atom is 0.254 e. The van der Waals surface area contributed by atoms with Crippen LogP contribution in [0.25, 0.3) is 0 Å². The lowest BCUT2D eigenvalue weighted by atomic mass is 9.85. The van der Waals surface area contributed by atoms with Gasteiger partial charge in [0, 0.05) is 24.4 Å². The highest BCUT2D eigenvalue weighted by atomic mass is 35.5. The lowest BCUT2D eigenvalue weighted by Gasteiger charge is -2.35. The molecule has 0 unspecified atom stereocenters. The van der Waals surface area contributed by atoms with Crippen molar-refractivity contribution < 1.29 is 18.7 Å². The number of nitrogens with one attached hydrogen (secondary N) is 1. The summed E-state index contributed by atoms with van der Waals surface area (Å²) >= 11 is 5.68. The van der Waals surface area contributed by atoms with Crippen molar-refractivity contribution in [2.45, 2.75) is 31.5 Å². The Balaban J connectivity index is 1.49. The Morgan fingerprint density at radius 2 is 2.00 bits per heavy atom. The minimum atomic E-state index is -0.597. The highest BCUT2D eigenvalue weighted by Crippen LogP contribution is 2.37. The molecule has 4 nitrogen and oxygen atoms in total. The summed E-state index contributed by atoms with van der Waals surface area (Å²) in [6, 6.07) is 4.07. The molecule has 1 aliphatic carbocycles. The fourth-order valence-corrected chi connectivity index (χ4v) is 3.27. The molecule has 1 saturated carbocycles. The molecule has 3 rings (SSSR count). The zero-order chi connectivity index (χ0) is 15.6. The SMILES string of the molecule is O=C(NCC1CCC2(CC1)OCCO2)c1ccc(Cl)cc1F. The summed E-state index contributed by atoms with van der Waals surface area (Å²) in [6.07, 6.45) is 3.57. The van der Waals surface area contributed by atoms with E-state index in [2.05, 4.69) is 5.32 Å². The summed E-state index contributed by atoms with van der Waals surface area (Å²) in [7, 11) is 0. The van der Waals surface area contributed by atoms with E-state index in [9.17, 15) is 9.18 Å². The van der Waals surface area contributed by atoms with Crippen molar-refractivity contribution in [3.05, 3.63) is 34.6 Å². The van der Waals surface area contributed by atoms with Crippen molar-refractivity contribution in [1.82, 2.24) is 5.32 Å². The quantitative estimate of drug-likeness (QED) is 0.927. The van der Waals surface area contributed by atoms with Gasteiger partial charge in [0.2, 0.25) is 0 Å². The monoisotopic (exact) mass is 327 g/mol. The van der Waals surface area contributed by atoms with Crippen LogP contribution in [-0.4, -0.2) is 31.5 Å². The van der Waals surface area contributed by atoms with Crippen LogP contribution >= 0.6 is 11.6 Å². The van der Waals surface area contributed by atoms with Crippen LogP contribution < -0.4 is 5.32 Å². The van der Waals surface area contributed by atoms with Crippen LogP contribution in [0.3, 0.4) is 0 Å². The summed E-state index contributed by atoms with van der Waals surface area (Å²) in [5, 5.41) is 3.09. The molecule has 2 fully saturated rings. The van der Waals surface area contributed by atoms with Crippen molar-refractivity contribution in [3.8, 4) is 0 Å². The van der Waals surface area contributed by atoms with E-state index in [1.54, 1.807) is 0 Å². The maximum atomic E-state index is 13.7. The lowest BCUT2D eigenvalue weighted by Crippen LogP contribution is -2.38. The Labute approximate surface area is 133 Å². The average molecular weight is 328 g/mol. The first kappa shape index (κ1) is 15.7. The number of ether oxygens (including phenoxy) is 2. The minimum absolute atomic E-state index is 0.0270. The van der Waals surface area contributed by atoms with Gasteiger partial charge in [0.1, 0.15) is 5.82 Å². The number of halogens is 2. The van der Waals surface area contributed by atoms with Crippen LogP contribution in [0.15, 0.2) is 18.2 Å². The van der Waals surface area contributed by atoms with Gasteiger partial charge in [0.15, 0.2) is 5.79 Å². The van der Waals surface area contributed by atoms with Gasteiger partial charge in [-0.25, -0.2) is 4.39 Å². The number of hydrogen-bond acceptors (Lipinski definition) is 3. The number of rotatable bonds is 3. The molecular weight excluding hydrogens is 309 g/mol. The smallest absolute Gasteiger partial charge is 0.254 e. The summed E-state index contributed by atoms with van der Waals surface area (Å²) in [4.78, 5) is 12.0. The van der Waals surface area contributed by atoms with Crippen molar-refractivity contribution in [2.75, 3.05) is 19.8 Å². The highest BCUT2D eigenvalue weighted by molar-refractivity contribution is 6.30.